The van der Waals surface area contributed by atoms with Crippen LogP contribution in [-0.2, 0) is 30.5 Å². The van der Waals surface area contributed by atoms with Gasteiger partial charge < -0.3 is 15.2 Å². The molecule has 1 aromatic carbocycles. The molecule has 0 bridgehead atoms. The van der Waals surface area contributed by atoms with Crippen molar-refractivity contribution < 1.29 is 23.9 Å². The molecule has 0 spiro atoms. The van der Waals surface area contributed by atoms with Crippen molar-refractivity contribution >= 4 is 18.2 Å². The van der Waals surface area contributed by atoms with Gasteiger partial charge in [-0.3, -0.25) is 14.4 Å². The largest absolute Gasteiger partial charge is 0.461 e. The molecule has 2 unspecified atom stereocenters. The topological polar surface area (TPSA) is 95.7 Å². The number of hydrogen-bond acceptors (Lipinski definition) is 6. The van der Waals surface area contributed by atoms with E-state index in [0.717, 1.165) is 5.56 Å². The second-order valence-corrected chi connectivity index (χ2v) is 5.23. The molecule has 1 aromatic rings. The number of hydrogen-bond donors (Lipinski definition) is 1. The summed E-state index contributed by atoms with van der Waals surface area (Å²) in [6.07, 6.45) is -1.11. The van der Waals surface area contributed by atoms with E-state index in [1.54, 1.807) is 13.8 Å². The number of rotatable bonds is 8. The van der Waals surface area contributed by atoms with Crippen LogP contribution < -0.4 is 5.73 Å². The van der Waals surface area contributed by atoms with Crippen LogP contribution in [0.2, 0.25) is 0 Å². The zero-order valence-electron chi connectivity index (χ0n) is 12.7. The molecule has 0 aliphatic heterocycles. The summed E-state index contributed by atoms with van der Waals surface area (Å²) in [6, 6.07) is 8.30. The van der Waals surface area contributed by atoms with Gasteiger partial charge in [-0.15, -0.1) is 0 Å². The van der Waals surface area contributed by atoms with Crippen LogP contribution in [0.15, 0.2) is 30.3 Å². The molecule has 2 N–H and O–H groups in total. The molecule has 0 saturated carbocycles. The first-order valence-corrected chi connectivity index (χ1v) is 7.05. The molecular weight excluding hydrogens is 286 g/mol. The molecule has 22 heavy (non-hydrogen) atoms. The normalized spacial score (nSPS) is 13.3. The summed E-state index contributed by atoms with van der Waals surface area (Å²) in [5, 5.41) is 0. The van der Waals surface area contributed by atoms with Crippen molar-refractivity contribution in [2.24, 2.45) is 11.7 Å². The van der Waals surface area contributed by atoms with Gasteiger partial charge in [0.25, 0.3) is 0 Å². The van der Waals surface area contributed by atoms with Gasteiger partial charge in [0, 0.05) is 0 Å². The second kappa shape index (κ2) is 8.94. The van der Waals surface area contributed by atoms with Gasteiger partial charge in [-0.1, -0.05) is 44.2 Å². The van der Waals surface area contributed by atoms with Crippen molar-refractivity contribution in [3.05, 3.63) is 35.9 Å². The fourth-order valence-electron chi connectivity index (χ4n) is 1.58. The average Bonchev–Trinajstić information content (AvgIpc) is 2.52. The van der Waals surface area contributed by atoms with Crippen LogP contribution in [0.3, 0.4) is 0 Å². The third kappa shape index (κ3) is 6.05. The smallest absolute Gasteiger partial charge is 0.323 e. The maximum atomic E-state index is 11.7. The number of carbonyl (C=O) groups excluding carboxylic acids is 3. The molecular formula is C16H21NO5. The summed E-state index contributed by atoms with van der Waals surface area (Å²) in [5.41, 5.74) is 6.45. The highest BCUT2D eigenvalue weighted by Crippen LogP contribution is 2.07. The molecule has 0 aromatic heterocycles. The molecule has 0 aliphatic rings. The van der Waals surface area contributed by atoms with Crippen molar-refractivity contribution in [2.45, 2.75) is 39.0 Å². The molecule has 2 atom stereocenters. The Morgan fingerprint density at radius 3 is 2.41 bits per heavy atom. The Morgan fingerprint density at radius 1 is 1.23 bits per heavy atom. The highest BCUT2D eigenvalue weighted by atomic mass is 16.6. The zero-order chi connectivity index (χ0) is 16.5. The minimum Gasteiger partial charge on any atom is -0.461 e. The molecule has 1 rings (SSSR count). The van der Waals surface area contributed by atoms with Crippen LogP contribution >= 0.6 is 0 Å². The Balaban J connectivity index is 2.43. The van der Waals surface area contributed by atoms with Gasteiger partial charge in [0.2, 0.25) is 0 Å². The maximum Gasteiger partial charge on any atom is 0.323 e. The van der Waals surface area contributed by atoms with Crippen LogP contribution in [0, 0.1) is 5.92 Å². The molecule has 0 fully saturated rings. The van der Waals surface area contributed by atoms with Gasteiger partial charge in [-0.2, -0.15) is 0 Å². The van der Waals surface area contributed by atoms with Crippen molar-refractivity contribution in [3.8, 4) is 0 Å². The predicted octanol–water partition coefficient (Wildman–Crippen LogP) is 1.21. The van der Waals surface area contributed by atoms with Crippen LogP contribution in [0.25, 0.3) is 0 Å². The number of ether oxygens (including phenoxy) is 2. The lowest BCUT2D eigenvalue weighted by atomic mass is 10.1. The molecule has 6 heteroatoms. The number of nitrogens with two attached hydrogens (primary N) is 1. The van der Waals surface area contributed by atoms with Gasteiger partial charge in [0.05, 0.1) is 6.42 Å². The fraction of sp³-hybridized carbons (Fsp3) is 0.438. The van der Waals surface area contributed by atoms with Gasteiger partial charge in [-0.05, 0) is 11.5 Å². The molecule has 0 heterocycles. The zero-order valence-corrected chi connectivity index (χ0v) is 12.7. The Bertz CT molecular complexity index is 501. The lowest BCUT2D eigenvalue weighted by Crippen LogP contribution is -2.39. The summed E-state index contributed by atoms with van der Waals surface area (Å²) < 4.78 is 9.94. The third-order valence-electron chi connectivity index (χ3n) is 3.02. The number of carbonyl (C=O) groups is 3. The van der Waals surface area contributed by atoms with Crippen molar-refractivity contribution in [3.63, 3.8) is 0 Å². The Morgan fingerprint density at radius 2 is 1.86 bits per heavy atom. The standard InChI is InChI=1S/C16H21NO5/c1-11(2)15(17)16(20)22-13(9-18)8-14(19)21-10-12-6-4-3-5-7-12/h3-7,9,11,13,15H,8,10,17H2,1-2H3. The van der Waals surface area contributed by atoms with Gasteiger partial charge in [0.15, 0.2) is 12.4 Å². The van der Waals surface area contributed by atoms with Crippen LogP contribution in [-0.4, -0.2) is 30.4 Å². The second-order valence-electron chi connectivity index (χ2n) is 5.23. The van der Waals surface area contributed by atoms with Crippen LogP contribution in [0.5, 0.6) is 0 Å². The Kier molecular flexibility index (Phi) is 7.25. The lowest BCUT2D eigenvalue weighted by molar-refractivity contribution is -0.159. The van der Waals surface area contributed by atoms with E-state index in [-0.39, 0.29) is 18.9 Å². The van der Waals surface area contributed by atoms with Crippen molar-refractivity contribution in [1.29, 1.82) is 0 Å². The molecule has 120 valence electrons. The maximum absolute atomic E-state index is 11.7. The van der Waals surface area contributed by atoms with Crippen molar-refractivity contribution in [2.75, 3.05) is 0 Å². The average molecular weight is 307 g/mol. The minimum absolute atomic E-state index is 0.102. The number of benzene rings is 1. The quantitative estimate of drug-likeness (QED) is 0.573. The highest BCUT2D eigenvalue weighted by Gasteiger charge is 2.24. The van der Waals surface area contributed by atoms with E-state index < -0.39 is 24.1 Å². The Labute approximate surface area is 129 Å². The molecule has 0 saturated heterocycles. The SMILES string of the molecule is CC(C)C(N)C(=O)OC(C=O)CC(=O)OCc1ccccc1. The fourth-order valence-corrected chi connectivity index (χ4v) is 1.58. The summed E-state index contributed by atoms with van der Waals surface area (Å²) in [6.45, 7) is 3.62. The Hall–Kier alpha value is -2.21. The molecule has 0 amide bonds. The monoisotopic (exact) mass is 307 g/mol. The number of aldehydes is 1. The summed E-state index contributed by atoms with van der Waals surface area (Å²) >= 11 is 0. The molecule has 0 radical (unpaired) electrons. The van der Waals surface area contributed by atoms with E-state index in [9.17, 15) is 14.4 Å². The van der Waals surface area contributed by atoms with E-state index in [2.05, 4.69) is 0 Å². The van der Waals surface area contributed by atoms with Crippen molar-refractivity contribution in [1.82, 2.24) is 0 Å². The summed E-state index contributed by atoms with van der Waals surface area (Å²) in [5.74, 6) is -1.44. The highest BCUT2D eigenvalue weighted by molar-refractivity contribution is 5.80. The van der Waals surface area contributed by atoms with Crippen LogP contribution in [0.1, 0.15) is 25.8 Å². The van der Waals surface area contributed by atoms with E-state index in [1.807, 2.05) is 30.3 Å². The first-order chi connectivity index (χ1) is 10.4. The van der Waals surface area contributed by atoms with E-state index in [1.165, 1.54) is 0 Å². The van der Waals surface area contributed by atoms with E-state index in [0.29, 0.717) is 6.29 Å². The first kappa shape index (κ1) is 17.8. The molecule has 6 nitrogen and oxygen atoms in total. The molecule has 0 aliphatic carbocycles. The minimum atomic E-state index is -1.18. The predicted molar refractivity (Wildman–Crippen MR) is 79.6 cm³/mol. The summed E-state index contributed by atoms with van der Waals surface area (Å²) in [7, 11) is 0. The summed E-state index contributed by atoms with van der Waals surface area (Å²) in [4.78, 5) is 34.2. The van der Waals surface area contributed by atoms with E-state index in [4.69, 9.17) is 15.2 Å². The van der Waals surface area contributed by atoms with E-state index >= 15 is 0 Å². The van der Waals surface area contributed by atoms with Gasteiger partial charge in [-0.25, -0.2) is 0 Å². The first-order valence-electron chi connectivity index (χ1n) is 7.05. The lowest BCUT2D eigenvalue weighted by Gasteiger charge is -2.17. The van der Waals surface area contributed by atoms with Gasteiger partial charge >= 0.3 is 11.9 Å². The van der Waals surface area contributed by atoms with Gasteiger partial charge in [0.1, 0.15) is 12.6 Å². The third-order valence-corrected chi connectivity index (χ3v) is 3.02. The number of esters is 2. The van der Waals surface area contributed by atoms with Crippen LogP contribution in [0.4, 0.5) is 0 Å².